The number of sulfonamides is 1. The van der Waals surface area contributed by atoms with E-state index in [-0.39, 0.29) is 6.20 Å². The Bertz CT molecular complexity index is 366. The molecule has 9 heteroatoms. The monoisotopic (exact) mass is 263 g/mol. The van der Waals surface area contributed by atoms with Gasteiger partial charge in [0.05, 0.1) is 6.20 Å². The van der Waals surface area contributed by atoms with Gasteiger partial charge in [-0.15, -0.1) is 0 Å². The normalized spacial score (nSPS) is 14.8. The molecule has 0 saturated carbocycles. The molecule has 0 aliphatic rings. The molecule has 0 aromatic carbocycles. The fraction of sp³-hybridized carbons (Fsp3) is 0.714. The van der Waals surface area contributed by atoms with Crippen molar-refractivity contribution < 1.29 is 31.4 Å². The van der Waals surface area contributed by atoms with E-state index in [4.69, 9.17) is 5.11 Å². The SMILES string of the molecule is CC(C)(C)O/C(O)=C/NS(=O)(=O)C(F)(F)F. The number of nitrogens with one attached hydrogen (secondary N) is 1. The van der Waals surface area contributed by atoms with E-state index in [1.165, 1.54) is 20.8 Å². The predicted molar refractivity (Wildman–Crippen MR) is 49.7 cm³/mol. The van der Waals surface area contributed by atoms with E-state index in [1.807, 2.05) is 0 Å². The van der Waals surface area contributed by atoms with Gasteiger partial charge in [-0.25, -0.2) is 0 Å². The number of hydrogen-bond donors (Lipinski definition) is 2. The van der Waals surface area contributed by atoms with Crippen molar-refractivity contribution in [3.05, 3.63) is 12.1 Å². The Hall–Kier alpha value is -1.12. The van der Waals surface area contributed by atoms with Crippen LogP contribution < -0.4 is 4.72 Å². The number of halogens is 3. The molecule has 0 spiro atoms. The minimum atomic E-state index is -5.51. The fourth-order valence-electron chi connectivity index (χ4n) is 0.538. The number of alkyl halides is 3. The highest BCUT2D eigenvalue weighted by molar-refractivity contribution is 7.90. The van der Waals surface area contributed by atoms with Crippen LogP contribution in [0.2, 0.25) is 0 Å². The van der Waals surface area contributed by atoms with Crippen molar-refractivity contribution in [2.75, 3.05) is 0 Å². The number of rotatable bonds is 3. The lowest BCUT2D eigenvalue weighted by Gasteiger charge is -2.19. The predicted octanol–water partition coefficient (Wildman–Crippen LogP) is 1.60. The summed E-state index contributed by atoms with van der Waals surface area (Å²) in [5, 5.41) is 8.96. The lowest BCUT2D eigenvalue weighted by Crippen LogP contribution is -2.34. The highest BCUT2D eigenvalue weighted by Gasteiger charge is 2.45. The van der Waals surface area contributed by atoms with Gasteiger partial charge in [-0.05, 0) is 20.8 Å². The molecule has 96 valence electrons. The molecule has 0 fully saturated rings. The Morgan fingerprint density at radius 2 is 1.75 bits per heavy atom. The average Bonchev–Trinajstić information content (AvgIpc) is 1.95. The quantitative estimate of drug-likeness (QED) is 0.758. The van der Waals surface area contributed by atoms with Gasteiger partial charge in [0.1, 0.15) is 5.60 Å². The van der Waals surface area contributed by atoms with Gasteiger partial charge in [0.15, 0.2) is 0 Å². The summed E-state index contributed by atoms with van der Waals surface area (Å²) < 4.78 is 62.1. The lowest BCUT2D eigenvalue weighted by molar-refractivity contribution is -0.0445. The van der Waals surface area contributed by atoms with Crippen molar-refractivity contribution in [2.24, 2.45) is 0 Å². The average molecular weight is 263 g/mol. The highest BCUT2D eigenvalue weighted by Crippen LogP contribution is 2.21. The van der Waals surface area contributed by atoms with E-state index in [0.717, 1.165) is 4.72 Å². The van der Waals surface area contributed by atoms with Gasteiger partial charge in [-0.1, -0.05) is 0 Å². The third-order valence-corrected chi connectivity index (χ3v) is 2.09. The van der Waals surface area contributed by atoms with Crippen LogP contribution in [0.3, 0.4) is 0 Å². The van der Waals surface area contributed by atoms with Gasteiger partial charge in [0.25, 0.3) is 5.95 Å². The maximum absolute atomic E-state index is 11.8. The first-order chi connectivity index (χ1) is 6.85. The first kappa shape index (κ1) is 14.9. The second kappa shape index (κ2) is 4.40. The zero-order valence-corrected chi connectivity index (χ0v) is 9.61. The van der Waals surface area contributed by atoms with E-state index in [0.29, 0.717) is 0 Å². The van der Waals surface area contributed by atoms with Crippen molar-refractivity contribution in [2.45, 2.75) is 31.9 Å². The third kappa shape index (κ3) is 5.10. The van der Waals surface area contributed by atoms with Gasteiger partial charge in [0.2, 0.25) is 0 Å². The van der Waals surface area contributed by atoms with Crippen LogP contribution in [0.15, 0.2) is 12.1 Å². The van der Waals surface area contributed by atoms with E-state index in [9.17, 15) is 21.6 Å². The Morgan fingerprint density at radius 3 is 2.06 bits per heavy atom. The highest BCUT2D eigenvalue weighted by atomic mass is 32.2. The van der Waals surface area contributed by atoms with Crippen LogP contribution in [0, 0.1) is 0 Å². The van der Waals surface area contributed by atoms with Gasteiger partial charge >= 0.3 is 15.5 Å². The van der Waals surface area contributed by atoms with E-state index >= 15 is 0 Å². The molecule has 0 bridgehead atoms. The molecule has 0 aromatic heterocycles. The van der Waals surface area contributed by atoms with Crippen LogP contribution in [-0.2, 0) is 14.8 Å². The second-order valence-electron chi connectivity index (χ2n) is 3.76. The zero-order chi connectivity index (χ0) is 13.2. The maximum atomic E-state index is 11.8. The molecule has 0 amide bonds. The lowest BCUT2D eigenvalue weighted by atomic mass is 10.2. The number of aliphatic hydroxyl groups excluding tert-OH is 1. The fourth-order valence-corrected chi connectivity index (χ4v) is 0.928. The van der Waals surface area contributed by atoms with Gasteiger partial charge in [-0.2, -0.15) is 21.6 Å². The summed E-state index contributed by atoms with van der Waals surface area (Å²) in [6.07, 6.45) is 0.216. The molecule has 0 aromatic rings. The van der Waals surface area contributed by atoms with Gasteiger partial charge in [0, 0.05) is 0 Å². The summed E-state index contributed by atoms with van der Waals surface area (Å²) in [5.41, 5.74) is -6.30. The van der Waals surface area contributed by atoms with Crippen LogP contribution >= 0.6 is 0 Å². The second-order valence-corrected chi connectivity index (χ2v) is 5.47. The van der Waals surface area contributed by atoms with Crippen molar-refractivity contribution >= 4 is 10.0 Å². The summed E-state index contributed by atoms with van der Waals surface area (Å²) in [4.78, 5) is 0. The molecular weight excluding hydrogens is 251 g/mol. The molecule has 0 rings (SSSR count). The number of aliphatic hydroxyl groups is 1. The molecule has 0 aliphatic carbocycles. The van der Waals surface area contributed by atoms with Gasteiger partial charge in [-0.3, -0.25) is 4.72 Å². The topological polar surface area (TPSA) is 75.6 Å². The standard InChI is InChI=1S/C7H12F3NO4S/c1-6(2,3)15-5(12)4-11-16(13,14)7(8,9)10/h4,11-12H,1-3H3/b5-4+. The van der Waals surface area contributed by atoms with E-state index in [2.05, 4.69) is 4.74 Å². The van der Waals surface area contributed by atoms with Crippen molar-refractivity contribution in [1.29, 1.82) is 0 Å². The minimum absolute atomic E-state index is 0.216. The summed E-state index contributed by atoms with van der Waals surface area (Å²) in [6.45, 7) is 4.57. The van der Waals surface area contributed by atoms with Gasteiger partial charge < -0.3 is 9.84 Å². The molecule has 0 saturated heterocycles. The van der Waals surface area contributed by atoms with Crippen LogP contribution in [0.4, 0.5) is 13.2 Å². The van der Waals surface area contributed by atoms with Crippen LogP contribution in [0.25, 0.3) is 0 Å². The molecule has 0 aliphatic heterocycles. The Balaban J connectivity index is 4.63. The number of hydrogen-bond acceptors (Lipinski definition) is 4. The molecule has 2 N–H and O–H groups in total. The van der Waals surface area contributed by atoms with Crippen LogP contribution in [0.1, 0.15) is 20.8 Å². The summed E-state index contributed by atoms with van der Waals surface area (Å²) in [6, 6.07) is 0. The van der Waals surface area contributed by atoms with E-state index < -0.39 is 27.1 Å². The zero-order valence-electron chi connectivity index (χ0n) is 8.79. The van der Waals surface area contributed by atoms with Crippen LogP contribution in [-0.4, -0.2) is 24.6 Å². The Morgan fingerprint density at radius 1 is 1.31 bits per heavy atom. The molecule has 0 heterocycles. The molecule has 0 radical (unpaired) electrons. The maximum Gasteiger partial charge on any atom is 0.516 e. The molecular formula is C7H12F3NO4S. The molecule has 0 unspecified atom stereocenters. The van der Waals surface area contributed by atoms with Crippen molar-refractivity contribution in [3.63, 3.8) is 0 Å². The first-order valence-corrected chi connectivity index (χ1v) is 5.50. The largest absolute Gasteiger partial charge is 0.516 e. The summed E-state index contributed by atoms with van der Waals surface area (Å²) >= 11 is 0. The molecule has 16 heavy (non-hydrogen) atoms. The third-order valence-electron chi connectivity index (χ3n) is 1.05. The van der Waals surface area contributed by atoms with Crippen molar-refractivity contribution in [3.8, 4) is 0 Å². The van der Waals surface area contributed by atoms with Crippen LogP contribution in [0.5, 0.6) is 0 Å². The van der Waals surface area contributed by atoms with Crippen molar-refractivity contribution in [1.82, 2.24) is 4.72 Å². The van der Waals surface area contributed by atoms with E-state index in [1.54, 1.807) is 0 Å². The molecule has 5 nitrogen and oxygen atoms in total. The Kier molecular flexibility index (Phi) is 4.09. The molecule has 0 atom stereocenters. The summed E-state index contributed by atoms with van der Waals surface area (Å²) in [5.74, 6) is -0.958. The summed E-state index contributed by atoms with van der Waals surface area (Å²) in [7, 11) is -5.51. The smallest absolute Gasteiger partial charge is 0.480 e. The Labute approximate surface area is 91.0 Å². The first-order valence-electron chi connectivity index (χ1n) is 4.02. The minimum Gasteiger partial charge on any atom is -0.480 e. The number of ether oxygens (including phenoxy) is 1.